The summed E-state index contributed by atoms with van der Waals surface area (Å²) in [6.45, 7) is 7.62. The standard InChI is InChI=1S/C32H28FN5O3/c1-34-25-10-12-35-17-23(25)19-6-7-21(27(15-19)38-22-9-8-20(14-22)28(38)18-39)16-29(40)26-11-13-36-32(37-26)31-24(33)4-3-5-30(31)41-2/h3-7,10-13,15,17,20,22,28,39H,8-9,14,16,18H2,2H3/t20-,22+,28-/m0/s1. The zero-order valence-electron chi connectivity index (χ0n) is 22.5. The Kier molecular flexibility index (Phi) is 7.16. The van der Waals surface area contributed by atoms with Gasteiger partial charge < -0.3 is 14.7 Å². The molecule has 2 aliphatic rings. The molecule has 0 spiro atoms. The molecule has 2 fully saturated rings. The zero-order chi connectivity index (χ0) is 28.5. The van der Waals surface area contributed by atoms with Gasteiger partial charge in [-0.25, -0.2) is 19.2 Å². The van der Waals surface area contributed by atoms with Gasteiger partial charge in [0.1, 0.15) is 17.3 Å². The number of pyridine rings is 1. The summed E-state index contributed by atoms with van der Waals surface area (Å²) in [5.41, 5.74) is 3.96. The molecule has 6 rings (SSSR count). The number of aliphatic hydroxyl groups is 1. The second-order valence-corrected chi connectivity index (χ2v) is 10.4. The third-order valence-corrected chi connectivity index (χ3v) is 8.23. The number of piperidine rings is 1. The number of methoxy groups -OCH3 is 1. The Morgan fingerprint density at radius 1 is 1.20 bits per heavy atom. The van der Waals surface area contributed by atoms with Gasteiger partial charge in [0.2, 0.25) is 0 Å². The number of anilines is 1. The second-order valence-electron chi connectivity index (χ2n) is 10.4. The Labute approximate surface area is 237 Å². The Morgan fingerprint density at radius 3 is 2.88 bits per heavy atom. The maximum absolute atomic E-state index is 14.7. The molecule has 9 heteroatoms. The molecule has 1 saturated heterocycles. The normalized spacial score (nSPS) is 19.3. The minimum absolute atomic E-state index is 0.0265. The van der Waals surface area contributed by atoms with Crippen LogP contribution in [-0.4, -0.2) is 51.6 Å². The van der Waals surface area contributed by atoms with Gasteiger partial charge in [-0.2, -0.15) is 0 Å². The van der Waals surface area contributed by atoms with Crippen LogP contribution in [0.2, 0.25) is 0 Å². The molecule has 2 bridgehead atoms. The number of aromatic nitrogens is 3. The Balaban J connectivity index is 1.39. The maximum atomic E-state index is 14.7. The van der Waals surface area contributed by atoms with Crippen molar-refractivity contribution in [1.29, 1.82) is 0 Å². The van der Waals surface area contributed by atoms with Crippen molar-refractivity contribution in [2.75, 3.05) is 18.6 Å². The van der Waals surface area contributed by atoms with E-state index < -0.39 is 5.82 Å². The van der Waals surface area contributed by atoms with Crippen molar-refractivity contribution in [3.63, 3.8) is 0 Å². The quantitative estimate of drug-likeness (QED) is 0.223. The first kappa shape index (κ1) is 26.5. The lowest BCUT2D eigenvalue weighted by Gasteiger charge is -2.37. The summed E-state index contributed by atoms with van der Waals surface area (Å²) in [5, 5.41) is 10.3. The van der Waals surface area contributed by atoms with Gasteiger partial charge in [-0.05, 0) is 66.6 Å². The fourth-order valence-corrected chi connectivity index (χ4v) is 6.32. The predicted octanol–water partition coefficient (Wildman–Crippen LogP) is 5.68. The first-order chi connectivity index (χ1) is 20.0. The van der Waals surface area contributed by atoms with Crippen LogP contribution >= 0.6 is 0 Å². The number of Topliss-reactive ketones (excluding diaryl/α,β-unsaturated/α-hetero) is 1. The predicted molar refractivity (Wildman–Crippen MR) is 152 cm³/mol. The Morgan fingerprint density at radius 2 is 2.07 bits per heavy atom. The van der Waals surface area contributed by atoms with E-state index in [1.165, 1.54) is 31.5 Å². The molecule has 0 radical (unpaired) electrons. The molecule has 41 heavy (non-hydrogen) atoms. The lowest BCUT2D eigenvalue weighted by atomic mass is 9.94. The van der Waals surface area contributed by atoms with Crippen LogP contribution in [0.5, 0.6) is 5.75 Å². The van der Waals surface area contributed by atoms with Crippen LogP contribution < -0.4 is 9.64 Å². The number of hydrogen-bond acceptors (Lipinski definition) is 7. The average Bonchev–Trinajstić information content (AvgIpc) is 3.63. The highest BCUT2D eigenvalue weighted by Crippen LogP contribution is 2.47. The lowest BCUT2D eigenvalue weighted by Crippen LogP contribution is -2.43. The van der Waals surface area contributed by atoms with Gasteiger partial charge >= 0.3 is 0 Å². The third-order valence-electron chi connectivity index (χ3n) is 8.23. The lowest BCUT2D eigenvalue weighted by molar-refractivity contribution is 0.0988. The van der Waals surface area contributed by atoms with E-state index in [-0.39, 0.29) is 53.7 Å². The van der Waals surface area contributed by atoms with E-state index in [1.807, 2.05) is 18.2 Å². The van der Waals surface area contributed by atoms with Crippen molar-refractivity contribution in [1.82, 2.24) is 15.0 Å². The number of nitrogens with zero attached hydrogens (tertiary/aromatic N) is 5. The van der Waals surface area contributed by atoms with E-state index in [0.29, 0.717) is 17.2 Å². The van der Waals surface area contributed by atoms with Crippen molar-refractivity contribution in [2.45, 2.75) is 37.8 Å². The molecule has 3 heterocycles. The van der Waals surface area contributed by atoms with Gasteiger partial charge in [0.05, 0.1) is 31.9 Å². The van der Waals surface area contributed by atoms with Gasteiger partial charge in [-0.1, -0.05) is 18.2 Å². The van der Waals surface area contributed by atoms with Crippen LogP contribution in [0.3, 0.4) is 0 Å². The third kappa shape index (κ3) is 4.81. The van der Waals surface area contributed by atoms with Crippen LogP contribution in [0.4, 0.5) is 15.8 Å². The van der Waals surface area contributed by atoms with Crippen molar-refractivity contribution in [2.24, 2.45) is 5.92 Å². The summed E-state index contributed by atoms with van der Waals surface area (Å²) in [6.07, 6.45) is 7.88. The molecule has 1 aliphatic carbocycles. The Bertz CT molecular complexity index is 1670. The summed E-state index contributed by atoms with van der Waals surface area (Å²) in [7, 11) is 1.44. The minimum atomic E-state index is -0.542. The second kappa shape index (κ2) is 11.1. The number of aliphatic hydroxyl groups excluding tert-OH is 1. The van der Waals surface area contributed by atoms with E-state index in [4.69, 9.17) is 11.3 Å². The summed E-state index contributed by atoms with van der Waals surface area (Å²) < 4.78 is 20.0. The van der Waals surface area contributed by atoms with Gasteiger partial charge in [0.25, 0.3) is 0 Å². The SMILES string of the molecule is [C-]#[N+]c1ccncc1-c1ccc(CC(=O)c2ccnc(-c3c(F)cccc3OC)n2)c(N2[C@@H]3CC[C@@H](C3)[C@@H]2CO)c1. The Hall–Kier alpha value is -4.68. The maximum Gasteiger partial charge on any atom is 0.197 e. The highest BCUT2D eigenvalue weighted by molar-refractivity contribution is 5.97. The van der Waals surface area contributed by atoms with Crippen LogP contribution in [0.15, 0.2) is 67.1 Å². The van der Waals surface area contributed by atoms with Gasteiger partial charge in [0, 0.05) is 42.3 Å². The molecule has 1 saturated carbocycles. The highest BCUT2D eigenvalue weighted by atomic mass is 19.1. The molecule has 4 aromatic rings. The van der Waals surface area contributed by atoms with Crippen LogP contribution in [0.25, 0.3) is 27.4 Å². The molecule has 2 aromatic carbocycles. The van der Waals surface area contributed by atoms with E-state index in [9.17, 15) is 14.3 Å². The van der Waals surface area contributed by atoms with Crippen LogP contribution in [0, 0.1) is 18.3 Å². The molecular weight excluding hydrogens is 521 g/mol. The summed E-state index contributed by atoms with van der Waals surface area (Å²) in [6, 6.07) is 13.7. The van der Waals surface area contributed by atoms with Crippen molar-refractivity contribution in [3.05, 3.63) is 95.6 Å². The van der Waals surface area contributed by atoms with E-state index in [0.717, 1.165) is 36.1 Å². The zero-order valence-corrected chi connectivity index (χ0v) is 22.5. The molecular formula is C32H28FN5O3. The van der Waals surface area contributed by atoms with Crippen molar-refractivity contribution < 1.29 is 19.0 Å². The van der Waals surface area contributed by atoms with Crippen LogP contribution in [-0.2, 0) is 6.42 Å². The number of carbonyl (C=O) groups is 1. The van der Waals surface area contributed by atoms with Crippen molar-refractivity contribution >= 4 is 17.2 Å². The molecule has 2 aromatic heterocycles. The number of benzene rings is 2. The summed E-state index contributed by atoms with van der Waals surface area (Å²) in [4.78, 5) is 32.4. The summed E-state index contributed by atoms with van der Waals surface area (Å²) >= 11 is 0. The fraction of sp³-hybridized carbons (Fsp3) is 0.281. The van der Waals surface area contributed by atoms with Gasteiger partial charge in [-0.3, -0.25) is 9.78 Å². The molecule has 0 unspecified atom stereocenters. The monoisotopic (exact) mass is 549 g/mol. The number of halogens is 1. The molecule has 8 nitrogen and oxygen atoms in total. The first-order valence-corrected chi connectivity index (χ1v) is 13.6. The number of hydrogen-bond donors (Lipinski definition) is 1. The smallest absolute Gasteiger partial charge is 0.197 e. The topological polar surface area (TPSA) is 92.8 Å². The van der Waals surface area contributed by atoms with Gasteiger partial charge in [-0.15, -0.1) is 0 Å². The molecule has 1 aliphatic heterocycles. The van der Waals surface area contributed by atoms with Crippen molar-refractivity contribution in [3.8, 4) is 28.3 Å². The number of rotatable bonds is 8. The number of carbonyl (C=O) groups excluding carboxylic acids is 1. The summed E-state index contributed by atoms with van der Waals surface area (Å²) in [5.74, 6) is -0.0385. The number of ether oxygens (including phenoxy) is 1. The first-order valence-electron chi connectivity index (χ1n) is 13.6. The molecule has 206 valence electrons. The highest BCUT2D eigenvalue weighted by Gasteiger charge is 2.46. The molecule has 3 atom stereocenters. The van der Waals surface area contributed by atoms with E-state index >= 15 is 0 Å². The number of ketones is 1. The number of fused-ring (bicyclic) bond motifs is 2. The molecule has 0 amide bonds. The largest absolute Gasteiger partial charge is 0.496 e. The average molecular weight is 550 g/mol. The molecule has 1 N–H and O–H groups in total. The van der Waals surface area contributed by atoms with E-state index in [1.54, 1.807) is 24.5 Å². The fourth-order valence-electron chi connectivity index (χ4n) is 6.32. The van der Waals surface area contributed by atoms with Crippen LogP contribution in [0.1, 0.15) is 35.3 Å². The minimum Gasteiger partial charge on any atom is -0.496 e. The van der Waals surface area contributed by atoms with Gasteiger partial charge in [0.15, 0.2) is 17.3 Å². The van der Waals surface area contributed by atoms with E-state index in [2.05, 4.69) is 24.7 Å².